The minimum Gasteiger partial charge on any atom is -0.491 e. The molecule has 1 spiro atoms. The Labute approximate surface area is 170 Å². The Morgan fingerprint density at radius 3 is 2.62 bits per heavy atom. The van der Waals surface area contributed by atoms with E-state index >= 15 is 0 Å². The summed E-state index contributed by atoms with van der Waals surface area (Å²) < 4.78 is 11.1. The lowest BCUT2D eigenvalue weighted by Crippen LogP contribution is -2.72. The number of anilines is 1. The van der Waals surface area contributed by atoms with Crippen molar-refractivity contribution in [1.29, 1.82) is 0 Å². The van der Waals surface area contributed by atoms with Gasteiger partial charge in [0.1, 0.15) is 5.75 Å². The van der Waals surface area contributed by atoms with Crippen molar-refractivity contribution in [3.05, 3.63) is 47.3 Å². The number of hydrogen-bond acceptors (Lipinski definition) is 6. The number of aromatic nitrogens is 2. The van der Waals surface area contributed by atoms with Gasteiger partial charge in [-0.1, -0.05) is 6.07 Å². The summed E-state index contributed by atoms with van der Waals surface area (Å²) in [6.07, 6.45) is 6.27. The van der Waals surface area contributed by atoms with Gasteiger partial charge in [0.25, 0.3) is 5.91 Å². The van der Waals surface area contributed by atoms with E-state index in [2.05, 4.69) is 27.4 Å². The number of rotatable bonds is 5. The van der Waals surface area contributed by atoms with Crippen molar-refractivity contribution in [2.45, 2.75) is 50.8 Å². The molecule has 1 amide bonds. The first-order valence-electron chi connectivity index (χ1n) is 10.3. The predicted octanol–water partition coefficient (Wildman–Crippen LogP) is 2.46. The molecule has 3 heterocycles. The fourth-order valence-electron chi connectivity index (χ4n) is 4.39. The number of carbonyl (C=O) groups excluding carboxylic acids is 1. The van der Waals surface area contributed by atoms with E-state index in [0.29, 0.717) is 24.7 Å². The monoisotopic (exact) mass is 394 g/mol. The van der Waals surface area contributed by atoms with Crippen LogP contribution in [0.2, 0.25) is 0 Å². The molecular weight excluding hydrogens is 368 g/mol. The highest BCUT2D eigenvalue weighted by molar-refractivity contribution is 5.95. The van der Waals surface area contributed by atoms with E-state index < -0.39 is 0 Å². The standard InChI is InChI=1S/C22H26N4O3/c1-14(2)29-19-4-3-15-7-18(8-16(15)9-19)25-21-23-10-17(11-24-21)20(27)26-6-5-22(26)12-28-13-22/h3-4,9-11,14,18H,5-8,12-13H2,1-2H3,(H,23,24,25). The lowest BCUT2D eigenvalue weighted by atomic mass is 9.82. The number of carbonyl (C=O) groups is 1. The summed E-state index contributed by atoms with van der Waals surface area (Å²) in [6.45, 7) is 6.14. The van der Waals surface area contributed by atoms with Gasteiger partial charge >= 0.3 is 0 Å². The van der Waals surface area contributed by atoms with Crippen LogP contribution in [0.5, 0.6) is 5.75 Å². The Balaban J connectivity index is 1.21. The van der Waals surface area contributed by atoms with E-state index in [0.717, 1.165) is 31.6 Å². The Hall–Kier alpha value is -2.67. The van der Waals surface area contributed by atoms with Crippen LogP contribution in [-0.4, -0.2) is 58.2 Å². The zero-order chi connectivity index (χ0) is 20.0. The molecule has 7 nitrogen and oxygen atoms in total. The molecule has 1 unspecified atom stereocenters. The fraction of sp³-hybridized carbons (Fsp3) is 0.500. The van der Waals surface area contributed by atoms with Crippen molar-refractivity contribution >= 4 is 11.9 Å². The summed E-state index contributed by atoms with van der Waals surface area (Å²) in [4.78, 5) is 23.4. The lowest BCUT2D eigenvalue weighted by Gasteiger charge is -2.57. The summed E-state index contributed by atoms with van der Waals surface area (Å²) in [6, 6.07) is 6.55. The first-order valence-corrected chi connectivity index (χ1v) is 10.3. The highest BCUT2D eigenvalue weighted by Gasteiger charge is 2.53. The Morgan fingerprint density at radius 1 is 1.24 bits per heavy atom. The van der Waals surface area contributed by atoms with Gasteiger partial charge in [0.05, 0.1) is 30.4 Å². The van der Waals surface area contributed by atoms with Crippen molar-refractivity contribution in [2.24, 2.45) is 0 Å². The molecule has 3 aliphatic rings. The van der Waals surface area contributed by atoms with Crippen LogP contribution in [0.15, 0.2) is 30.6 Å². The second-order valence-corrected chi connectivity index (χ2v) is 8.57. The van der Waals surface area contributed by atoms with Crippen LogP contribution in [-0.2, 0) is 17.6 Å². The van der Waals surface area contributed by atoms with Crippen molar-refractivity contribution < 1.29 is 14.3 Å². The maximum Gasteiger partial charge on any atom is 0.257 e. The maximum absolute atomic E-state index is 12.7. The minimum absolute atomic E-state index is 0.00273. The number of ether oxygens (including phenoxy) is 2. The molecule has 2 saturated heterocycles. The first-order chi connectivity index (χ1) is 14.0. The van der Waals surface area contributed by atoms with E-state index in [4.69, 9.17) is 9.47 Å². The average molecular weight is 394 g/mol. The summed E-state index contributed by atoms with van der Waals surface area (Å²) in [5, 5.41) is 3.40. The van der Waals surface area contributed by atoms with Gasteiger partial charge in [-0.3, -0.25) is 4.79 Å². The van der Waals surface area contributed by atoms with Gasteiger partial charge in [-0.25, -0.2) is 9.97 Å². The molecule has 152 valence electrons. The number of nitrogens with one attached hydrogen (secondary N) is 1. The smallest absolute Gasteiger partial charge is 0.257 e. The van der Waals surface area contributed by atoms with Gasteiger partial charge in [-0.2, -0.15) is 0 Å². The van der Waals surface area contributed by atoms with Crippen molar-refractivity contribution in [1.82, 2.24) is 14.9 Å². The van der Waals surface area contributed by atoms with Crippen molar-refractivity contribution in [2.75, 3.05) is 25.1 Å². The normalized spacial score (nSPS) is 21.5. The molecule has 1 aromatic carbocycles. The van der Waals surface area contributed by atoms with Crippen molar-refractivity contribution in [3.8, 4) is 5.75 Å². The number of benzene rings is 1. The molecule has 1 aliphatic carbocycles. The van der Waals surface area contributed by atoms with Gasteiger partial charge in [0.2, 0.25) is 5.95 Å². The van der Waals surface area contributed by atoms with E-state index in [1.54, 1.807) is 12.4 Å². The number of likely N-dealkylation sites (tertiary alicyclic amines) is 1. The largest absolute Gasteiger partial charge is 0.491 e. The van der Waals surface area contributed by atoms with E-state index in [-0.39, 0.29) is 23.6 Å². The molecule has 0 saturated carbocycles. The summed E-state index contributed by atoms with van der Waals surface area (Å²) in [7, 11) is 0. The first kappa shape index (κ1) is 18.4. The third-order valence-electron chi connectivity index (χ3n) is 6.07. The van der Waals surface area contributed by atoms with Gasteiger partial charge in [0, 0.05) is 25.0 Å². The number of nitrogens with zero attached hydrogens (tertiary/aromatic N) is 3. The average Bonchev–Trinajstić information content (AvgIpc) is 3.01. The zero-order valence-corrected chi connectivity index (χ0v) is 16.9. The maximum atomic E-state index is 12.7. The third kappa shape index (κ3) is 3.33. The van der Waals surface area contributed by atoms with Crippen LogP contribution in [0.1, 0.15) is 41.8 Å². The second-order valence-electron chi connectivity index (χ2n) is 8.57. The molecule has 1 N–H and O–H groups in total. The van der Waals surface area contributed by atoms with Gasteiger partial charge in [-0.05, 0) is 56.4 Å². The summed E-state index contributed by atoms with van der Waals surface area (Å²) >= 11 is 0. The van der Waals surface area contributed by atoms with E-state index in [1.165, 1.54) is 11.1 Å². The van der Waals surface area contributed by atoms with Crippen molar-refractivity contribution in [3.63, 3.8) is 0 Å². The third-order valence-corrected chi connectivity index (χ3v) is 6.07. The van der Waals surface area contributed by atoms with Crippen LogP contribution >= 0.6 is 0 Å². The van der Waals surface area contributed by atoms with Gasteiger partial charge in [0.15, 0.2) is 0 Å². The zero-order valence-electron chi connectivity index (χ0n) is 16.9. The van der Waals surface area contributed by atoms with Crippen LogP contribution in [0.4, 0.5) is 5.95 Å². The van der Waals surface area contributed by atoms with E-state index in [9.17, 15) is 4.79 Å². The van der Waals surface area contributed by atoms with Gasteiger partial charge in [-0.15, -0.1) is 0 Å². The SMILES string of the molecule is CC(C)Oc1ccc2c(c1)CC(Nc1ncc(C(=O)N3CCC34COC4)cn1)C2. The molecule has 0 radical (unpaired) electrons. The second kappa shape index (κ2) is 6.99. The quantitative estimate of drug-likeness (QED) is 0.840. The molecule has 0 bridgehead atoms. The highest BCUT2D eigenvalue weighted by atomic mass is 16.5. The molecule has 29 heavy (non-hydrogen) atoms. The highest BCUT2D eigenvalue weighted by Crippen LogP contribution is 2.38. The van der Waals surface area contributed by atoms with E-state index in [1.807, 2.05) is 24.8 Å². The number of fused-ring (bicyclic) bond motifs is 1. The predicted molar refractivity (Wildman–Crippen MR) is 108 cm³/mol. The molecule has 5 rings (SSSR count). The Morgan fingerprint density at radius 2 is 2.00 bits per heavy atom. The number of hydrogen-bond donors (Lipinski definition) is 1. The summed E-state index contributed by atoms with van der Waals surface area (Å²) in [5.41, 5.74) is 3.10. The van der Waals surface area contributed by atoms with Crippen LogP contribution in [0, 0.1) is 0 Å². The lowest BCUT2D eigenvalue weighted by molar-refractivity contribution is -0.172. The molecular formula is C22H26N4O3. The molecule has 2 aromatic rings. The topological polar surface area (TPSA) is 76.6 Å². The Bertz CT molecular complexity index is 919. The summed E-state index contributed by atoms with van der Waals surface area (Å²) in [5.74, 6) is 1.47. The Kier molecular flexibility index (Phi) is 4.42. The number of amides is 1. The molecule has 1 atom stereocenters. The molecule has 7 heteroatoms. The van der Waals surface area contributed by atoms with Gasteiger partial charge < -0.3 is 19.7 Å². The minimum atomic E-state index is -0.0677. The molecule has 2 fully saturated rings. The molecule has 2 aliphatic heterocycles. The van der Waals surface area contributed by atoms with Crippen LogP contribution in [0.3, 0.4) is 0 Å². The van der Waals surface area contributed by atoms with Crippen LogP contribution in [0.25, 0.3) is 0 Å². The molecule has 1 aromatic heterocycles. The fourth-order valence-corrected chi connectivity index (χ4v) is 4.39. The van der Waals surface area contributed by atoms with Crippen LogP contribution < -0.4 is 10.1 Å².